The van der Waals surface area contributed by atoms with Crippen LogP contribution < -0.4 is 11.3 Å². The number of nitrogens with two attached hydrogens (primary N) is 1. The highest BCUT2D eigenvalue weighted by Gasteiger charge is 2.17. The number of aromatic nitrogens is 1. The van der Waals surface area contributed by atoms with Gasteiger partial charge in [0.2, 0.25) is 0 Å². The molecule has 21 heavy (non-hydrogen) atoms. The van der Waals surface area contributed by atoms with Gasteiger partial charge in [0.1, 0.15) is 0 Å². The fraction of sp³-hybridized carbons (Fsp3) is 0.235. The molecule has 1 heterocycles. The fourth-order valence-electron chi connectivity index (χ4n) is 2.75. The summed E-state index contributed by atoms with van der Waals surface area (Å²) >= 11 is 6.23. The SMILES string of the molecule is C[C@H](N)c1cc2cccc(Cl)c2c(=O)n1C1=CC=CCC1. The third-order valence-electron chi connectivity index (χ3n) is 3.77. The Bertz CT molecular complexity index is 815. The summed E-state index contributed by atoms with van der Waals surface area (Å²) in [6, 6.07) is 7.23. The zero-order chi connectivity index (χ0) is 15.0. The Morgan fingerprint density at radius 3 is 2.86 bits per heavy atom. The normalized spacial score (nSPS) is 16.0. The molecule has 0 bridgehead atoms. The lowest BCUT2D eigenvalue weighted by Gasteiger charge is -2.20. The minimum atomic E-state index is -0.229. The molecule has 108 valence electrons. The van der Waals surface area contributed by atoms with Gasteiger partial charge in [-0.25, -0.2) is 0 Å². The van der Waals surface area contributed by atoms with E-state index in [0.29, 0.717) is 10.4 Å². The van der Waals surface area contributed by atoms with Crippen LogP contribution in [0.25, 0.3) is 16.5 Å². The van der Waals surface area contributed by atoms with Crippen LogP contribution >= 0.6 is 11.6 Å². The minimum Gasteiger partial charge on any atom is -0.323 e. The van der Waals surface area contributed by atoms with Gasteiger partial charge < -0.3 is 5.73 Å². The first kappa shape index (κ1) is 14.1. The molecular weight excluding hydrogens is 284 g/mol. The third-order valence-corrected chi connectivity index (χ3v) is 4.08. The van der Waals surface area contributed by atoms with E-state index in [9.17, 15) is 4.79 Å². The molecule has 0 radical (unpaired) electrons. The van der Waals surface area contributed by atoms with Gasteiger partial charge in [0, 0.05) is 17.4 Å². The molecule has 2 aromatic rings. The van der Waals surface area contributed by atoms with Gasteiger partial charge in [-0.1, -0.05) is 35.9 Å². The Balaban J connectivity index is 2.40. The minimum absolute atomic E-state index is 0.0908. The standard InChI is InChI=1S/C17H17ClN2O/c1-11(19)15-10-12-6-5-9-14(18)16(12)17(21)20(15)13-7-3-2-4-8-13/h2-3,5-7,9-11H,4,8,19H2,1H3/t11-/m0/s1. The van der Waals surface area contributed by atoms with Gasteiger partial charge in [-0.15, -0.1) is 0 Å². The number of nitrogens with zero attached hydrogens (tertiary/aromatic N) is 1. The topological polar surface area (TPSA) is 48.0 Å². The molecule has 1 aliphatic carbocycles. The number of halogens is 1. The molecule has 0 amide bonds. The van der Waals surface area contributed by atoms with Crippen molar-refractivity contribution in [3.63, 3.8) is 0 Å². The van der Waals surface area contributed by atoms with Crippen molar-refractivity contribution in [3.8, 4) is 0 Å². The lowest BCUT2D eigenvalue weighted by molar-refractivity contribution is 0.728. The lowest BCUT2D eigenvalue weighted by atomic mass is 10.1. The van der Waals surface area contributed by atoms with E-state index in [-0.39, 0.29) is 11.6 Å². The van der Waals surface area contributed by atoms with Crippen molar-refractivity contribution in [2.45, 2.75) is 25.8 Å². The van der Waals surface area contributed by atoms with Crippen LogP contribution in [0.4, 0.5) is 0 Å². The van der Waals surface area contributed by atoms with Crippen LogP contribution in [-0.4, -0.2) is 4.57 Å². The summed E-state index contributed by atoms with van der Waals surface area (Å²) in [6.07, 6.45) is 7.80. The Kier molecular flexibility index (Phi) is 3.70. The van der Waals surface area contributed by atoms with Crippen LogP contribution in [-0.2, 0) is 0 Å². The van der Waals surface area contributed by atoms with Crippen LogP contribution in [0.2, 0.25) is 5.02 Å². The molecule has 1 atom stereocenters. The maximum atomic E-state index is 12.9. The number of benzene rings is 1. The molecule has 0 spiro atoms. The Hall–Kier alpha value is -1.84. The summed E-state index contributed by atoms with van der Waals surface area (Å²) in [4.78, 5) is 12.9. The van der Waals surface area contributed by atoms with Crippen molar-refractivity contribution < 1.29 is 0 Å². The molecule has 1 aromatic carbocycles. The Morgan fingerprint density at radius 1 is 1.38 bits per heavy atom. The van der Waals surface area contributed by atoms with Crippen molar-refractivity contribution >= 4 is 28.1 Å². The van der Waals surface area contributed by atoms with Crippen molar-refractivity contribution in [2.24, 2.45) is 5.73 Å². The van der Waals surface area contributed by atoms with Crippen molar-refractivity contribution in [1.29, 1.82) is 0 Å². The fourth-order valence-corrected chi connectivity index (χ4v) is 3.01. The zero-order valence-corrected chi connectivity index (χ0v) is 12.6. The van der Waals surface area contributed by atoms with E-state index in [1.54, 1.807) is 10.6 Å². The predicted molar refractivity (Wildman–Crippen MR) is 88.5 cm³/mol. The van der Waals surface area contributed by atoms with E-state index in [1.807, 2.05) is 37.3 Å². The van der Waals surface area contributed by atoms with E-state index in [0.717, 1.165) is 29.6 Å². The second kappa shape index (κ2) is 5.51. The largest absolute Gasteiger partial charge is 0.323 e. The summed E-state index contributed by atoms with van der Waals surface area (Å²) in [7, 11) is 0. The van der Waals surface area contributed by atoms with E-state index in [2.05, 4.69) is 6.08 Å². The quantitative estimate of drug-likeness (QED) is 0.915. The molecule has 3 nitrogen and oxygen atoms in total. The highest BCUT2D eigenvalue weighted by atomic mass is 35.5. The second-order valence-corrected chi connectivity index (χ2v) is 5.73. The molecular formula is C17H17ClN2O. The maximum Gasteiger partial charge on any atom is 0.264 e. The summed E-state index contributed by atoms with van der Waals surface area (Å²) in [5, 5.41) is 1.87. The first-order chi connectivity index (χ1) is 10.1. The summed E-state index contributed by atoms with van der Waals surface area (Å²) in [6.45, 7) is 1.89. The summed E-state index contributed by atoms with van der Waals surface area (Å²) < 4.78 is 1.72. The van der Waals surface area contributed by atoms with Crippen LogP contribution in [0, 0.1) is 0 Å². The predicted octanol–water partition coefficient (Wildman–Crippen LogP) is 3.87. The molecule has 0 fully saturated rings. The van der Waals surface area contributed by atoms with Gasteiger partial charge >= 0.3 is 0 Å². The molecule has 4 heteroatoms. The Labute approximate surface area is 128 Å². The molecule has 1 aliphatic rings. The average molecular weight is 301 g/mol. The maximum absolute atomic E-state index is 12.9. The summed E-state index contributed by atoms with van der Waals surface area (Å²) in [5.41, 5.74) is 7.78. The molecule has 0 saturated heterocycles. The highest BCUT2D eigenvalue weighted by molar-refractivity contribution is 6.35. The molecule has 2 N–H and O–H groups in total. The molecule has 3 rings (SSSR count). The first-order valence-corrected chi connectivity index (χ1v) is 7.43. The van der Waals surface area contributed by atoms with Crippen LogP contribution in [0.3, 0.4) is 0 Å². The average Bonchev–Trinajstić information content (AvgIpc) is 2.47. The number of hydrogen-bond acceptors (Lipinski definition) is 2. The number of fused-ring (bicyclic) bond motifs is 1. The van der Waals surface area contributed by atoms with E-state index >= 15 is 0 Å². The highest BCUT2D eigenvalue weighted by Crippen LogP contribution is 2.26. The third kappa shape index (κ3) is 2.43. The molecule has 0 saturated carbocycles. The van der Waals surface area contributed by atoms with Gasteiger partial charge in [0.25, 0.3) is 5.56 Å². The molecule has 0 unspecified atom stereocenters. The van der Waals surface area contributed by atoms with Gasteiger partial charge in [0.05, 0.1) is 10.4 Å². The van der Waals surface area contributed by atoms with E-state index in [4.69, 9.17) is 17.3 Å². The number of hydrogen-bond donors (Lipinski definition) is 1. The lowest BCUT2D eigenvalue weighted by Crippen LogP contribution is -2.27. The van der Waals surface area contributed by atoms with E-state index < -0.39 is 0 Å². The van der Waals surface area contributed by atoms with Crippen LogP contribution in [0.15, 0.2) is 47.3 Å². The Morgan fingerprint density at radius 2 is 2.19 bits per heavy atom. The molecule has 0 aliphatic heterocycles. The first-order valence-electron chi connectivity index (χ1n) is 7.05. The monoisotopic (exact) mass is 300 g/mol. The van der Waals surface area contributed by atoms with Gasteiger partial charge in [-0.2, -0.15) is 0 Å². The smallest absolute Gasteiger partial charge is 0.264 e. The van der Waals surface area contributed by atoms with Gasteiger partial charge in [-0.05, 0) is 43.4 Å². The molecule has 1 aromatic heterocycles. The van der Waals surface area contributed by atoms with Crippen molar-refractivity contribution in [1.82, 2.24) is 4.57 Å². The van der Waals surface area contributed by atoms with Crippen LogP contribution in [0.5, 0.6) is 0 Å². The second-order valence-electron chi connectivity index (χ2n) is 5.33. The van der Waals surface area contributed by atoms with Crippen molar-refractivity contribution in [3.05, 3.63) is 63.6 Å². The zero-order valence-electron chi connectivity index (χ0n) is 11.8. The number of allylic oxidation sites excluding steroid dienone is 4. The van der Waals surface area contributed by atoms with E-state index in [1.165, 1.54) is 0 Å². The van der Waals surface area contributed by atoms with Crippen molar-refractivity contribution in [2.75, 3.05) is 0 Å². The van der Waals surface area contributed by atoms with Gasteiger partial charge in [-0.3, -0.25) is 9.36 Å². The number of pyridine rings is 1. The summed E-state index contributed by atoms with van der Waals surface area (Å²) in [5.74, 6) is 0. The number of rotatable bonds is 2. The van der Waals surface area contributed by atoms with Crippen LogP contribution in [0.1, 0.15) is 31.5 Å². The van der Waals surface area contributed by atoms with Gasteiger partial charge in [0.15, 0.2) is 0 Å².